The lowest BCUT2D eigenvalue weighted by Gasteiger charge is -2.16. The summed E-state index contributed by atoms with van der Waals surface area (Å²) in [5.41, 5.74) is 7.24. The zero-order valence-electron chi connectivity index (χ0n) is 14.1. The number of nitriles is 1. The van der Waals surface area contributed by atoms with Gasteiger partial charge in [0.05, 0.1) is 23.7 Å². The van der Waals surface area contributed by atoms with Crippen LogP contribution in [0, 0.1) is 17.2 Å². The molecule has 1 fully saturated rings. The maximum atomic E-state index is 11.8. The van der Waals surface area contributed by atoms with Crippen molar-refractivity contribution >= 4 is 5.91 Å². The summed E-state index contributed by atoms with van der Waals surface area (Å²) in [4.78, 5) is 14.0. The Kier molecular flexibility index (Phi) is 5.00. The molecule has 2 heterocycles. The van der Waals surface area contributed by atoms with Gasteiger partial charge in [-0.2, -0.15) is 10.4 Å². The van der Waals surface area contributed by atoms with E-state index in [-0.39, 0.29) is 17.7 Å². The van der Waals surface area contributed by atoms with E-state index in [9.17, 15) is 4.79 Å². The zero-order valence-corrected chi connectivity index (χ0v) is 14.1. The number of hydrogen-bond donors (Lipinski definition) is 1. The molecule has 2 N–H and O–H groups in total. The van der Waals surface area contributed by atoms with Crippen molar-refractivity contribution in [2.45, 2.75) is 5.92 Å². The van der Waals surface area contributed by atoms with Crippen LogP contribution < -0.4 is 10.5 Å². The molecule has 25 heavy (non-hydrogen) atoms. The number of aryl methyl sites for hydroxylation is 1. The second-order valence-corrected chi connectivity index (χ2v) is 6.31. The van der Waals surface area contributed by atoms with E-state index >= 15 is 0 Å². The number of hydrogen-bond acceptors (Lipinski definition) is 5. The highest BCUT2D eigenvalue weighted by molar-refractivity contribution is 5.78. The van der Waals surface area contributed by atoms with E-state index in [1.54, 1.807) is 35.1 Å². The van der Waals surface area contributed by atoms with Crippen LogP contribution in [0.4, 0.5) is 0 Å². The fraction of sp³-hybridized carbons (Fsp3) is 0.389. The molecule has 2 aromatic rings. The summed E-state index contributed by atoms with van der Waals surface area (Å²) >= 11 is 0. The maximum absolute atomic E-state index is 11.8. The minimum absolute atomic E-state index is 0.0705. The molecule has 1 amide bonds. The van der Waals surface area contributed by atoms with Crippen LogP contribution in [0.1, 0.15) is 17.0 Å². The number of aromatic nitrogens is 2. The first-order valence-electron chi connectivity index (χ1n) is 8.20. The minimum Gasteiger partial charge on any atom is -0.492 e. The van der Waals surface area contributed by atoms with Crippen LogP contribution in [0.5, 0.6) is 5.75 Å². The molecule has 1 aliphatic heterocycles. The molecular formula is C18H21N5O2. The molecule has 2 atom stereocenters. The van der Waals surface area contributed by atoms with Crippen LogP contribution in [0.2, 0.25) is 0 Å². The first-order chi connectivity index (χ1) is 12.1. The molecule has 0 bridgehead atoms. The third kappa shape index (κ3) is 3.98. The summed E-state index contributed by atoms with van der Waals surface area (Å²) < 4.78 is 7.46. The van der Waals surface area contributed by atoms with Crippen molar-refractivity contribution < 1.29 is 9.53 Å². The number of primary amides is 1. The zero-order chi connectivity index (χ0) is 17.8. The van der Waals surface area contributed by atoms with E-state index < -0.39 is 0 Å². The molecule has 0 aliphatic carbocycles. The lowest BCUT2D eigenvalue weighted by atomic mass is 9.90. The van der Waals surface area contributed by atoms with Crippen molar-refractivity contribution in [2.24, 2.45) is 18.7 Å². The SMILES string of the molecule is Cn1cc([C@H]2CN(CCOc3ccc(C#N)cc3)C[C@@H]2C(N)=O)cn1. The summed E-state index contributed by atoms with van der Waals surface area (Å²) in [6, 6.07) is 9.11. The molecule has 0 unspecified atom stereocenters. The Morgan fingerprint density at radius 1 is 1.40 bits per heavy atom. The highest BCUT2D eigenvalue weighted by Crippen LogP contribution is 2.32. The molecule has 1 aromatic heterocycles. The fourth-order valence-electron chi connectivity index (χ4n) is 3.24. The number of benzene rings is 1. The first-order valence-corrected chi connectivity index (χ1v) is 8.20. The predicted octanol–water partition coefficient (Wildman–Crippen LogP) is 0.871. The third-order valence-electron chi connectivity index (χ3n) is 4.57. The highest BCUT2D eigenvalue weighted by atomic mass is 16.5. The van der Waals surface area contributed by atoms with Gasteiger partial charge in [-0.25, -0.2) is 0 Å². The lowest BCUT2D eigenvalue weighted by Crippen LogP contribution is -2.30. The molecule has 7 heteroatoms. The number of ether oxygens (including phenoxy) is 1. The van der Waals surface area contributed by atoms with E-state index in [0.717, 1.165) is 17.9 Å². The van der Waals surface area contributed by atoms with Crippen molar-refractivity contribution in [1.82, 2.24) is 14.7 Å². The fourth-order valence-corrected chi connectivity index (χ4v) is 3.24. The second-order valence-electron chi connectivity index (χ2n) is 6.31. The Morgan fingerprint density at radius 3 is 2.76 bits per heavy atom. The Hall–Kier alpha value is -2.85. The van der Waals surface area contributed by atoms with E-state index in [4.69, 9.17) is 15.7 Å². The van der Waals surface area contributed by atoms with Gasteiger partial charge in [0.1, 0.15) is 12.4 Å². The van der Waals surface area contributed by atoms with Gasteiger partial charge in [0.15, 0.2) is 0 Å². The highest BCUT2D eigenvalue weighted by Gasteiger charge is 2.37. The lowest BCUT2D eigenvalue weighted by molar-refractivity contribution is -0.121. The topological polar surface area (TPSA) is 97.2 Å². The summed E-state index contributed by atoms with van der Waals surface area (Å²) in [5.74, 6) is 0.318. The second kappa shape index (κ2) is 7.36. The van der Waals surface area contributed by atoms with Crippen LogP contribution >= 0.6 is 0 Å². The molecule has 0 radical (unpaired) electrons. The Bertz CT molecular complexity index is 778. The summed E-state index contributed by atoms with van der Waals surface area (Å²) in [6.45, 7) is 2.61. The van der Waals surface area contributed by atoms with Gasteiger partial charge in [-0.1, -0.05) is 0 Å². The smallest absolute Gasteiger partial charge is 0.222 e. The molecular weight excluding hydrogens is 318 g/mol. The maximum Gasteiger partial charge on any atom is 0.222 e. The molecule has 1 saturated heterocycles. The van der Waals surface area contributed by atoms with E-state index in [1.807, 2.05) is 13.2 Å². The van der Waals surface area contributed by atoms with Gasteiger partial charge in [-0.05, 0) is 29.8 Å². The van der Waals surface area contributed by atoms with Crippen LogP contribution in [0.3, 0.4) is 0 Å². The summed E-state index contributed by atoms with van der Waals surface area (Å²) in [7, 11) is 1.86. The van der Waals surface area contributed by atoms with Crippen LogP contribution in [-0.4, -0.2) is 46.8 Å². The molecule has 0 saturated carbocycles. The van der Waals surface area contributed by atoms with Crippen LogP contribution in [-0.2, 0) is 11.8 Å². The first kappa shape index (κ1) is 17.0. The average molecular weight is 339 g/mol. The number of carbonyl (C=O) groups excluding carboxylic acids is 1. The number of amides is 1. The van der Waals surface area contributed by atoms with Crippen molar-refractivity contribution in [3.8, 4) is 11.8 Å². The molecule has 130 valence electrons. The van der Waals surface area contributed by atoms with Gasteiger partial charge < -0.3 is 10.5 Å². The number of nitrogens with two attached hydrogens (primary N) is 1. The van der Waals surface area contributed by atoms with Crippen molar-refractivity contribution in [3.05, 3.63) is 47.8 Å². The third-order valence-corrected chi connectivity index (χ3v) is 4.57. The van der Waals surface area contributed by atoms with Gasteiger partial charge in [-0.15, -0.1) is 0 Å². The molecule has 7 nitrogen and oxygen atoms in total. The number of nitrogens with zero attached hydrogens (tertiary/aromatic N) is 4. The van der Waals surface area contributed by atoms with E-state index in [0.29, 0.717) is 25.3 Å². The van der Waals surface area contributed by atoms with Crippen molar-refractivity contribution in [2.75, 3.05) is 26.2 Å². The predicted molar refractivity (Wildman–Crippen MR) is 91.7 cm³/mol. The van der Waals surface area contributed by atoms with Crippen molar-refractivity contribution in [1.29, 1.82) is 5.26 Å². The van der Waals surface area contributed by atoms with Gasteiger partial charge >= 0.3 is 0 Å². The minimum atomic E-state index is -0.274. The Balaban J connectivity index is 1.56. The van der Waals surface area contributed by atoms with Gasteiger partial charge in [0, 0.05) is 38.8 Å². The summed E-state index contributed by atoms with van der Waals surface area (Å²) in [5, 5.41) is 13.0. The van der Waals surface area contributed by atoms with Gasteiger partial charge in [0.25, 0.3) is 0 Å². The molecule has 1 aromatic carbocycles. The summed E-state index contributed by atoms with van der Waals surface area (Å²) in [6.07, 6.45) is 3.74. The van der Waals surface area contributed by atoms with Gasteiger partial charge in [0.2, 0.25) is 5.91 Å². The Labute approximate surface area is 146 Å². The molecule has 1 aliphatic rings. The monoisotopic (exact) mass is 339 g/mol. The van der Waals surface area contributed by atoms with Crippen LogP contribution in [0.15, 0.2) is 36.7 Å². The standard InChI is InChI=1S/C18H21N5O2/c1-22-10-14(9-21-22)16-11-23(12-17(16)18(20)24)6-7-25-15-4-2-13(8-19)3-5-15/h2-5,9-10,16-17H,6-7,11-12H2,1H3,(H2,20,24)/t16-,17+/m1/s1. The number of rotatable bonds is 6. The molecule has 0 spiro atoms. The van der Waals surface area contributed by atoms with E-state index in [2.05, 4.69) is 16.1 Å². The Morgan fingerprint density at radius 2 is 2.16 bits per heavy atom. The number of carbonyl (C=O) groups is 1. The van der Waals surface area contributed by atoms with Crippen molar-refractivity contribution in [3.63, 3.8) is 0 Å². The van der Waals surface area contributed by atoms with E-state index in [1.165, 1.54) is 0 Å². The van der Waals surface area contributed by atoms with Crippen LogP contribution in [0.25, 0.3) is 0 Å². The average Bonchev–Trinajstić information content (AvgIpc) is 3.22. The largest absolute Gasteiger partial charge is 0.492 e. The quantitative estimate of drug-likeness (QED) is 0.842. The number of likely N-dealkylation sites (tertiary alicyclic amines) is 1. The van der Waals surface area contributed by atoms with Gasteiger partial charge in [-0.3, -0.25) is 14.4 Å². The normalized spacial score (nSPS) is 20.3. The molecule has 3 rings (SSSR count).